The predicted molar refractivity (Wildman–Crippen MR) is 163 cm³/mol. The molecule has 4 aromatic carbocycles. The van der Waals surface area contributed by atoms with Crippen molar-refractivity contribution < 1.29 is 28.6 Å². The van der Waals surface area contributed by atoms with Gasteiger partial charge in [0.25, 0.3) is 0 Å². The number of nitrogens with zero attached hydrogens (tertiary/aromatic N) is 2. The molecule has 2 saturated heterocycles. The number of hydrogen-bond acceptors (Lipinski definition) is 7. The number of fused-ring (bicyclic) bond motifs is 6. The summed E-state index contributed by atoms with van der Waals surface area (Å²) in [7, 11) is 0. The summed E-state index contributed by atoms with van der Waals surface area (Å²) in [4.78, 5) is 46.1. The number of amides is 2. The minimum absolute atomic E-state index is 0.353. The zero-order valence-electron chi connectivity index (χ0n) is 23.6. The van der Waals surface area contributed by atoms with Gasteiger partial charge in [0.15, 0.2) is 17.6 Å². The Kier molecular flexibility index (Phi) is 6.22. The molecule has 4 aliphatic rings. The molecule has 0 unspecified atom stereocenters. The molecule has 2 fully saturated rings. The van der Waals surface area contributed by atoms with Gasteiger partial charge in [0.05, 0.1) is 23.6 Å². The summed E-state index contributed by atoms with van der Waals surface area (Å²) < 4.78 is 17.7. The van der Waals surface area contributed by atoms with Crippen LogP contribution in [0.25, 0.3) is 6.08 Å². The van der Waals surface area contributed by atoms with Crippen molar-refractivity contribution in [3.05, 3.63) is 126 Å². The monoisotopic (exact) mass is 584 g/mol. The summed E-state index contributed by atoms with van der Waals surface area (Å²) in [6.07, 6.45) is 3.19. The van der Waals surface area contributed by atoms with E-state index in [4.69, 9.17) is 14.2 Å². The van der Waals surface area contributed by atoms with E-state index in [1.54, 1.807) is 18.2 Å². The smallest absolute Gasteiger partial charge is 0.330 e. The van der Waals surface area contributed by atoms with Crippen LogP contribution in [0.5, 0.6) is 11.5 Å². The highest BCUT2D eigenvalue weighted by atomic mass is 16.6. The second kappa shape index (κ2) is 10.4. The van der Waals surface area contributed by atoms with Crippen molar-refractivity contribution in [2.75, 3.05) is 23.0 Å². The van der Waals surface area contributed by atoms with Gasteiger partial charge in [-0.2, -0.15) is 0 Å². The average Bonchev–Trinajstić information content (AvgIpc) is 3.56. The number of esters is 1. The average molecular weight is 585 g/mol. The largest absolute Gasteiger partial charge is 0.486 e. The van der Waals surface area contributed by atoms with Crippen molar-refractivity contribution in [1.29, 1.82) is 0 Å². The van der Waals surface area contributed by atoms with Gasteiger partial charge in [0, 0.05) is 11.8 Å². The van der Waals surface area contributed by atoms with Gasteiger partial charge in [-0.25, -0.2) is 9.69 Å². The van der Waals surface area contributed by atoms with Crippen molar-refractivity contribution in [2.45, 2.75) is 18.2 Å². The lowest BCUT2D eigenvalue weighted by atomic mass is 9.88. The molecule has 0 spiro atoms. The van der Waals surface area contributed by atoms with Crippen molar-refractivity contribution in [3.63, 3.8) is 0 Å². The van der Waals surface area contributed by atoms with E-state index in [1.165, 1.54) is 4.90 Å². The first-order valence-corrected chi connectivity index (χ1v) is 14.7. The summed E-state index contributed by atoms with van der Waals surface area (Å²) in [5.74, 6) is -2.03. The molecule has 4 heterocycles. The summed E-state index contributed by atoms with van der Waals surface area (Å²) in [6.45, 7) is 0.808. The first-order chi connectivity index (χ1) is 21.6. The highest BCUT2D eigenvalue weighted by Crippen LogP contribution is 2.50. The molecule has 4 aliphatic heterocycles. The maximum Gasteiger partial charge on any atom is 0.330 e. The van der Waals surface area contributed by atoms with Gasteiger partial charge in [-0.3, -0.25) is 9.59 Å². The summed E-state index contributed by atoms with van der Waals surface area (Å²) in [5, 5.41) is 0. The van der Waals surface area contributed by atoms with Crippen LogP contribution in [0, 0.1) is 11.8 Å². The SMILES string of the molecule is O=C(OC(c1ccccc1)c1ccccc1)[C@@H]1[C@@H]2C(=O)N(c3ccc4c(c3)OCCO4)C(=O)[C@H]2[C@H]2C=Cc3ccccc3N21. The molecule has 0 aliphatic carbocycles. The zero-order chi connectivity index (χ0) is 29.8. The number of imide groups is 1. The summed E-state index contributed by atoms with van der Waals surface area (Å²) in [5.41, 5.74) is 3.71. The molecule has 44 heavy (non-hydrogen) atoms. The molecule has 218 valence electrons. The van der Waals surface area contributed by atoms with E-state index in [1.807, 2.05) is 102 Å². The van der Waals surface area contributed by atoms with Gasteiger partial charge < -0.3 is 19.1 Å². The number of hydrogen-bond donors (Lipinski definition) is 0. The second-order valence-electron chi connectivity index (χ2n) is 11.3. The summed E-state index contributed by atoms with van der Waals surface area (Å²) in [6, 6.07) is 30.3. The Labute approximate surface area is 254 Å². The topological polar surface area (TPSA) is 85.4 Å². The van der Waals surface area contributed by atoms with Crippen molar-refractivity contribution >= 4 is 35.2 Å². The van der Waals surface area contributed by atoms with E-state index < -0.39 is 41.9 Å². The molecular weight excluding hydrogens is 556 g/mol. The van der Waals surface area contributed by atoms with Gasteiger partial charge in [0.2, 0.25) is 11.8 Å². The van der Waals surface area contributed by atoms with E-state index in [0.717, 1.165) is 22.4 Å². The fourth-order valence-corrected chi connectivity index (χ4v) is 6.98. The van der Waals surface area contributed by atoms with Crippen molar-refractivity contribution in [2.24, 2.45) is 11.8 Å². The standard InChI is InChI=1S/C36H28N2O6/c39-34-30-27-17-15-22-9-7-8-14-26(22)38(27)32(31(30)35(40)37(34)25-16-18-28-29(21-25)43-20-19-42-28)36(41)44-33(23-10-3-1-4-11-23)24-12-5-2-6-13-24/h1-18,21,27,30-33H,19-20H2/t27-,30+,31-,32+/m1/s1. The third kappa shape index (κ3) is 4.09. The highest BCUT2D eigenvalue weighted by molar-refractivity contribution is 6.24. The maximum atomic E-state index is 14.5. The van der Waals surface area contributed by atoms with Crippen LogP contribution in [0.15, 0.2) is 109 Å². The molecule has 8 rings (SSSR count). The lowest BCUT2D eigenvalue weighted by Gasteiger charge is -2.36. The minimum Gasteiger partial charge on any atom is -0.486 e. The highest BCUT2D eigenvalue weighted by Gasteiger charge is 2.65. The van der Waals surface area contributed by atoms with Crippen LogP contribution in [-0.4, -0.2) is 43.1 Å². The number of rotatable bonds is 5. The van der Waals surface area contributed by atoms with Gasteiger partial charge in [0.1, 0.15) is 19.3 Å². The maximum absolute atomic E-state index is 14.5. The second-order valence-corrected chi connectivity index (χ2v) is 11.3. The zero-order valence-corrected chi connectivity index (χ0v) is 23.6. The predicted octanol–water partition coefficient (Wildman–Crippen LogP) is 5.18. The Balaban J connectivity index is 1.21. The van der Waals surface area contributed by atoms with Crippen LogP contribution in [-0.2, 0) is 19.1 Å². The molecule has 8 heteroatoms. The van der Waals surface area contributed by atoms with Crippen LogP contribution in [0.2, 0.25) is 0 Å². The first kappa shape index (κ1) is 26.3. The number of carbonyl (C=O) groups excluding carboxylic acids is 3. The van der Waals surface area contributed by atoms with Crippen LogP contribution < -0.4 is 19.3 Å². The molecule has 0 radical (unpaired) electrons. The van der Waals surface area contributed by atoms with Crippen molar-refractivity contribution in [3.8, 4) is 11.5 Å². The van der Waals surface area contributed by atoms with E-state index in [2.05, 4.69) is 0 Å². The summed E-state index contributed by atoms with van der Waals surface area (Å²) >= 11 is 0. The molecule has 0 N–H and O–H groups in total. The van der Waals surface area contributed by atoms with E-state index in [0.29, 0.717) is 30.4 Å². The molecular formula is C36H28N2O6. The minimum atomic E-state index is -1.02. The molecule has 0 bridgehead atoms. The van der Waals surface area contributed by atoms with Crippen LogP contribution in [0.4, 0.5) is 11.4 Å². The first-order valence-electron chi connectivity index (χ1n) is 14.7. The molecule has 8 nitrogen and oxygen atoms in total. The Hall–Kier alpha value is -5.37. The third-order valence-corrected chi connectivity index (χ3v) is 8.88. The van der Waals surface area contributed by atoms with Crippen molar-refractivity contribution in [1.82, 2.24) is 0 Å². The molecule has 0 saturated carbocycles. The Morgan fingerprint density at radius 1 is 0.750 bits per heavy atom. The number of carbonyl (C=O) groups is 3. The van der Waals surface area contributed by atoms with Crippen LogP contribution in [0.1, 0.15) is 22.8 Å². The van der Waals surface area contributed by atoms with E-state index in [9.17, 15) is 14.4 Å². The van der Waals surface area contributed by atoms with Crippen LogP contribution >= 0.6 is 0 Å². The Morgan fingerprint density at radius 2 is 1.39 bits per heavy atom. The molecule has 4 aromatic rings. The number of benzene rings is 4. The molecule has 2 amide bonds. The lowest BCUT2D eigenvalue weighted by molar-refractivity contribution is -0.151. The molecule has 4 atom stereocenters. The number of ether oxygens (including phenoxy) is 3. The third-order valence-electron chi connectivity index (χ3n) is 8.88. The normalized spacial score (nSPS) is 22.9. The van der Waals surface area contributed by atoms with Crippen LogP contribution in [0.3, 0.4) is 0 Å². The Morgan fingerprint density at radius 3 is 2.11 bits per heavy atom. The molecule has 0 aromatic heterocycles. The van der Waals surface area contributed by atoms with Gasteiger partial charge in [-0.1, -0.05) is 91.0 Å². The number of para-hydroxylation sites is 1. The Bertz CT molecular complexity index is 1770. The fourth-order valence-electron chi connectivity index (χ4n) is 6.98. The van der Waals surface area contributed by atoms with E-state index >= 15 is 0 Å². The van der Waals surface area contributed by atoms with Gasteiger partial charge in [-0.15, -0.1) is 0 Å². The van der Waals surface area contributed by atoms with E-state index in [-0.39, 0.29) is 5.91 Å². The number of anilines is 2. The fraction of sp³-hybridized carbons (Fsp3) is 0.194. The van der Waals surface area contributed by atoms with Gasteiger partial charge in [-0.05, 0) is 34.9 Å². The van der Waals surface area contributed by atoms with Gasteiger partial charge >= 0.3 is 5.97 Å². The lowest BCUT2D eigenvalue weighted by Crippen LogP contribution is -2.49. The quantitative estimate of drug-likeness (QED) is 0.236.